The van der Waals surface area contributed by atoms with Crippen molar-refractivity contribution in [2.75, 3.05) is 5.73 Å². The van der Waals surface area contributed by atoms with Crippen molar-refractivity contribution in [3.05, 3.63) is 27.1 Å². The first-order valence-corrected chi connectivity index (χ1v) is 3.48. The lowest BCUT2D eigenvalue weighted by Gasteiger charge is -1.99. The van der Waals surface area contributed by atoms with Crippen LogP contribution in [0.15, 0.2) is 17.3 Å². The highest BCUT2D eigenvalue weighted by Gasteiger charge is 2.04. The average Bonchev–Trinajstić information content (AvgIpc) is 1.99. The molecule has 0 unspecified atom stereocenters. The zero-order valence-electron chi connectivity index (χ0n) is 5.34. The number of halogens is 2. The van der Waals surface area contributed by atoms with Gasteiger partial charge in [0.25, 0.3) is 0 Å². The maximum absolute atomic E-state index is 10.0. The largest absolute Gasteiger partial charge is 0.397 e. The number of nitroso groups, excluding NO2 is 1. The van der Waals surface area contributed by atoms with Crippen LogP contribution in [0.3, 0.4) is 0 Å². The van der Waals surface area contributed by atoms with Gasteiger partial charge >= 0.3 is 0 Å². The molecule has 0 atom stereocenters. The van der Waals surface area contributed by atoms with Crippen LogP contribution in [0.1, 0.15) is 0 Å². The number of rotatable bonds is 1. The number of nitrogens with zero attached hydrogens (tertiary/aromatic N) is 1. The summed E-state index contributed by atoms with van der Waals surface area (Å²) < 4.78 is 0. The van der Waals surface area contributed by atoms with Crippen LogP contribution in [0.4, 0.5) is 11.4 Å². The number of benzene rings is 1. The number of nitrogens with two attached hydrogens (primary N) is 1. The first kappa shape index (κ1) is 8.30. The minimum absolute atomic E-state index is 0.178. The standard InChI is InChI=1S/C6H4Cl2N2O/c7-4-1-3(10-11)2-5(9)6(4)8/h1-2H,9H2. The Bertz CT molecular complexity index is 278. The van der Waals surface area contributed by atoms with Gasteiger partial charge in [0.05, 0.1) is 15.7 Å². The smallest absolute Gasteiger partial charge is 0.111 e. The van der Waals surface area contributed by atoms with Crippen LogP contribution < -0.4 is 5.73 Å². The predicted molar refractivity (Wildman–Crippen MR) is 46.3 cm³/mol. The third-order valence-electron chi connectivity index (χ3n) is 1.15. The summed E-state index contributed by atoms with van der Waals surface area (Å²) >= 11 is 11.2. The first-order chi connectivity index (χ1) is 5.15. The van der Waals surface area contributed by atoms with E-state index in [0.717, 1.165) is 0 Å². The van der Waals surface area contributed by atoms with Gasteiger partial charge in [-0.05, 0) is 17.3 Å². The van der Waals surface area contributed by atoms with E-state index >= 15 is 0 Å². The van der Waals surface area contributed by atoms with Gasteiger partial charge in [0.2, 0.25) is 0 Å². The summed E-state index contributed by atoms with van der Waals surface area (Å²) in [5.74, 6) is 0. The summed E-state index contributed by atoms with van der Waals surface area (Å²) in [4.78, 5) is 10.0. The summed E-state index contributed by atoms with van der Waals surface area (Å²) in [6.45, 7) is 0. The predicted octanol–water partition coefficient (Wildman–Crippen LogP) is 2.97. The molecule has 0 spiro atoms. The molecule has 0 amide bonds. The molecule has 1 aromatic carbocycles. The Balaban J connectivity index is 3.31. The molecular formula is C6H4Cl2N2O. The van der Waals surface area contributed by atoms with E-state index in [4.69, 9.17) is 28.9 Å². The first-order valence-electron chi connectivity index (χ1n) is 2.73. The lowest BCUT2D eigenvalue weighted by Crippen LogP contribution is -1.85. The summed E-state index contributed by atoms with van der Waals surface area (Å²) in [6.07, 6.45) is 0. The molecule has 0 aliphatic heterocycles. The van der Waals surface area contributed by atoms with Crippen LogP contribution in [-0.2, 0) is 0 Å². The zero-order valence-corrected chi connectivity index (χ0v) is 6.86. The summed E-state index contributed by atoms with van der Waals surface area (Å²) in [5, 5.41) is 3.15. The second-order valence-corrected chi connectivity index (χ2v) is 2.71. The molecule has 3 nitrogen and oxygen atoms in total. The highest BCUT2D eigenvalue weighted by Crippen LogP contribution is 2.32. The second-order valence-electron chi connectivity index (χ2n) is 1.92. The Morgan fingerprint density at radius 3 is 2.45 bits per heavy atom. The van der Waals surface area contributed by atoms with Gasteiger partial charge in [0, 0.05) is 0 Å². The van der Waals surface area contributed by atoms with Crippen LogP contribution in [0.25, 0.3) is 0 Å². The molecule has 0 saturated carbocycles. The number of hydrogen-bond acceptors (Lipinski definition) is 3. The highest BCUT2D eigenvalue weighted by molar-refractivity contribution is 6.43. The van der Waals surface area contributed by atoms with Crippen LogP contribution in [0, 0.1) is 4.91 Å². The molecule has 0 aliphatic carbocycles. The van der Waals surface area contributed by atoms with E-state index < -0.39 is 0 Å². The normalized spacial score (nSPS) is 9.64. The maximum atomic E-state index is 10.0. The van der Waals surface area contributed by atoms with E-state index in [9.17, 15) is 4.91 Å². The van der Waals surface area contributed by atoms with Crippen molar-refractivity contribution in [3.8, 4) is 0 Å². The molecule has 0 fully saturated rings. The number of hydrogen-bond donors (Lipinski definition) is 1. The lowest BCUT2D eigenvalue weighted by molar-refractivity contribution is 1.50. The van der Waals surface area contributed by atoms with E-state index in [1.165, 1.54) is 12.1 Å². The Morgan fingerprint density at radius 1 is 1.36 bits per heavy atom. The summed E-state index contributed by atoms with van der Waals surface area (Å²) in [7, 11) is 0. The summed E-state index contributed by atoms with van der Waals surface area (Å²) in [5.41, 5.74) is 5.82. The van der Waals surface area contributed by atoms with Gasteiger partial charge in [-0.15, -0.1) is 4.91 Å². The molecule has 2 N–H and O–H groups in total. The molecule has 1 rings (SSSR count). The molecule has 11 heavy (non-hydrogen) atoms. The number of anilines is 1. The van der Waals surface area contributed by atoms with E-state index in [1.54, 1.807) is 0 Å². The lowest BCUT2D eigenvalue weighted by atomic mass is 10.3. The number of nitrogen functional groups attached to an aromatic ring is 1. The molecular weight excluding hydrogens is 187 g/mol. The van der Waals surface area contributed by atoms with Gasteiger partial charge in [0.15, 0.2) is 0 Å². The fourth-order valence-corrected chi connectivity index (χ4v) is 0.978. The van der Waals surface area contributed by atoms with Gasteiger partial charge in [-0.3, -0.25) is 0 Å². The molecule has 0 aromatic heterocycles. The fourth-order valence-electron chi connectivity index (χ4n) is 0.648. The Morgan fingerprint density at radius 2 is 2.00 bits per heavy atom. The molecule has 0 bridgehead atoms. The van der Waals surface area contributed by atoms with Crippen LogP contribution in [-0.4, -0.2) is 0 Å². The maximum Gasteiger partial charge on any atom is 0.111 e. The Kier molecular flexibility index (Phi) is 2.31. The molecule has 0 saturated heterocycles. The Labute approximate surface area is 73.1 Å². The third kappa shape index (κ3) is 1.61. The summed E-state index contributed by atoms with van der Waals surface area (Å²) in [6, 6.07) is 2.72. The molecule has 58 valence electrons. The average molecular weight is 191 g/mol. The monoisotopic (exact) mass is 190 g/mol. The SMILES string of the molecule is Nc1cc(N=O)cc(Cl)c1Cl. The van der Waals surface area contributed by atoms with Crippen molar-refractivity contribution in [1.29, 1.82) is 0 Å². The fraction of sp³-hybridized carbons (Fsp3) is 0. The minimum Gasteiger partial charge on any atom is -0.397 e. The van der Waals surface area contributed by atoms with Crippen molar-refractivity contribution in [2.45, 2.75) is 0 Å². The van der Waals surface area contributed by atoms with Gasteiger partial charge < -0.3 is 5.73 Å². The topological polar surface area (TPSA) is 55.4 Å². The van der Waals surface area contributed by atoms with Crippen LogP contribution >= 0.6 is 23.2 Å². The van der Waals surface area contributed by atoms with Crippen molar-refractivity contribution in [3.63, 3.8) is 0 Å². The molecule has 0 heterocycles. The van der Waals surface area contributed by atoms with Gasteiger partial charge in [0.1, 0.15) is 5.69 Å². The highest BCUT2D eigenvalue weighted by atomic mass is 35.5. The van der Waals surface area contributed by atoms with Crippen LogP contribution in [0.2, 0.25) is 10.0 Å². The zero-order chi connectivity index (χ0) is 8.43. The van der Waals surface area contributed by atoms with E-state index in [2.05, 4.69) is 5.18 Å². The Hall–Kier alpha value is -0.800. The van der Waals surface area contributed by atoms with Crippen molar-refractivity contribution >= 4 is 34.6 Å². The van der Waals surface area contributed by atoms with Crippen molar-refractivity contribution in [1.82, 2.24) is 0 Å². The van der Waals surface area contributed by atoms with Crippen molar-refractivity contribution in [2.24, 2.45) is 5.18 Å². The van der Waals surface area contributed by atoms with E-state index in [0.29, 0.717) is 0 Å². The van der Waals surface area contributed by atoms with Gasteiger partial charge in [-0.2, -0.15) is 0 Å². The molecule has 0 aliphatic rings. The third-order valence-corrected chi connectivity index (χ3v) is 1.96. The van der Waals surface area contributed by atoms with Crippen LogP contribution in [0.5, 0.6) is 0 Å². The molecule has 0 radical (unpaired) electrons. The van der Waals surface area contributed by atoms with E-state index in [1.807, 2.05) is 0 Å². The quantitative estimate of drug-likeness (QED) is 0.547. The van der Waals surface area contributed by atoms with Gasteiger partial charge in [-0.25, -0.2) is 0 Å². The molecule has 5 heteroatoms. The molecule has 1 aromatic rings. The van der Waals surface area contributed by atoms with Crippen molar-refractivity contribution < 1.29 is 0 Å². The second kappa shape index (κ2) is 3.07. The van der Waals surface area contributed by atoms with Gasteiger partial charge in [-0.1, -0.05) is 23.2 Å². The van der Waals surface area contributed by atoms with E-state index in [-0.39, 0.29) is 21.4 Å². The minimum atomic E-state index is 0.178.